The molecule has 0 N–H and O–H groups in total. The number of nitrogens with zero attached hydrogens (tertiary/aromatic N) is 6. The molecule has 10 nitrogen and oxygen atoms in total. The summed E-state index contributed by atoms with van der Waals surface area (Å²) >= 11 is 13.8. The van der Waals surface area contributed by atoms with Crippen molar-refractivity contribution >= 4 is 51.9 Å². The summed E-state index contributed by atoms with van der Waals surface area (Å²) in [6, 6.07) is 8.96. The fourth-order valence-electron chi connectivity index (χ4n) is 7.08. The third-order valence-electron chi connectivity index (χ3n) is 9.21. The van der Waals surface area contributed by atoms with Gasteiger partial charge in [0.2, 0.25) is 0 Å². The minimum Gasteiger partial charge on any atom is -0.464 e. The number of rotatable bonds is 6. The van der Waals surface area contributed by atoms with E-state index in [-0.39, 0.29) is 25.7 Å². The number of carbonyl (C=O) groups excluding carboxylic acids is 2. The highest BCUT2D eigenvalue weighted by molar-refractivity contribution is 6.42. The Kier molecular flexibility index (Phi) is 8.11. The van der Waals surface area contributed by atoms with Crippen LogP contribution in [0.4, 0.5) is 14.9 Å². The SMILES string of the molecule is CCOC(=O)C(c1ncn2c1C[C@@H](F)C2)n1cc2c(Cl)cc(-c3ccc(N4C[C@H]5CN(C(=O)OC(C)(C)C)C[C@H]5C4)cc3)c(Cl)c2n1. The van der Waals surface area contributed by atoms with Gasteiger partial charge in [-0.15, -0.1) is 0 Å². The second-order valence-electron chi connectivity index (χ2n) is 13.6. The Morgan fingerprint density at radius 1 is 1.06 bits per heavy atom. The van der Waals surface area contributed by atoms with E-state index in [0.717, 1.165) is 24.3 Å². The lowest BCUT2D eigenvalue weighted by molar-refractivity contribution is -0.146. The van der Waals surface area contributed by atoms with Crippen molar-refractivity contribution in [3.05, 3.63) is 64.3 Å². The zero-order valence-electron chi connectivity index (χ0n) is 26.8. The van der Waals surface area contributed by atoms with Gasteiger partial charge >= 0.3 is 12.1 Å². The van der Waals surface area contributed by atoms with E-state index >= 15 is 0 Å². The number of hydrogen-bond donors (Lipinski definition) is 0. The van der Waals surface area contributed by atoms with Crippen LogP contribution in [0, 0.1) is 11.8 Å². The van der Waals surface area contributed by atoms with Gasteiger partial charge in [-0.25, -0.2) is 19.0 Å². The molecule has 2 aromatic carbocycles. The normalized spacial score (nSPS) is 21.3. The molecule has 4 atom stereocenters. The first-order chi connectivity index (χ1) is 22.4. The maximum atomic E-state index is 14.2. The van der Waals surface area contributed by atoms with Gasteiger partial charge in [-0.3, -0.25) is 4.68 Å². The lowest BCUT2D eigenvalue weighted by Gasteiger charge is -2.26. The zero-order valence-corrected chi connectivity index (χ0v) is 28.3. The molecule has 248 valence electrons. The first-order valence-electron chi connectivity index (χ1n) is 15.9. The molecule has 0 aliphatic carbocycles. The molecular formula is C34H37Cl2FN6O4. The maximum Gasteiger partial charge on any atom is 0.410 e. The molecule has 0 saturated carbocycles. The second kappa shape index (κ2) is 12.0. The van der Waals surface area contributed by atoms with Crippen molar-refractivity contribution in [1.82, 2.24) is 24.2 Å². The number of ether oxygens (including phenoxy) is 2. The van der Waals surface area contributed by atoms with Crippen LogP contribution < -0.4 is 4.90 Å². The number of carbonyl (C=O) groups is 2. The molecule has 0 radical (unpaired) electrons. The van der Waals surface area contributed by atoms with Gasteiger partial charge in [0.25, 0.3) is 0 Å². The van der Waals surface area contributed by atoms with Crippen molar-refractivity contribution in [3.63, 3.8) is 0 Å². The van der Waals surface area contributed by atoms with Crippen molar-refractivity contribution in [3.8, 4) is 11.1 Å². The van der Waals surface area contributed by atoms with E-state index < -0.39 is 23.8 Å². The first kappa shape index (κ1) is 31.8. The number of hydrogen-bond acceptors (Lipinski definition) is 7. The van der Waals surface area contributed by atoms with E-state index in [4.69, 9.17) is 37.8 Å². The minimum absolute atomic E-state index is 0.164. The van der Waals surface area contributed by atoms with Crippen molar-refractivity contribution in [2.75, 3.05) is 37.7 Å². The van der Waals surface area contributed by atoms with Crippen LogP contribution in [-0.4, -0.2) is 80.9 Å². The summed E-state index contributed by atoms with van der Waals surface area (Å²) in [6.07, 6.45) is 2.10. The molecule has 1 amide bonds. The summed E-state index contributed by atoms with van der Waals surface area (Å²) in [7, 11) is 0. The van der Waals surface area contributed by atoms with Gasteiger partial charge < -0.3 is 23.8 Å². The molecule has 5 heterocycles. The zero-order chi connectivity index (χ0) is 33.2. The molecule has 0 spiro atoms. The highest BCUT2D eigenvalue weighted by Gasteiger charge is 2.43. The van der Waals surface area contributed by atoms with Crippen LogP contribution in [0.1, 0.15) is 45.1 Å². The van der Waals surface area contributed by atoms with Gasteiger partial charge in [-0.1, -0.05) is 35.3 Å². The second-order valence-corrected chi connectivity index (χ2v) is 14.4. The molecule has 3 aliphatic rings. The van der Waals surface area contributed by atoms with Gasteiger partial charge in [-0.05, 0) is 51.5 Å². The van der Waals surface area contributed by atoms with E-state index in [0.29, 0.717) is 62.8 Å². The summed E-state index contributed by atoms with van der Waals surface area (Å²) in [5.74, 6) is 0.247. The van der Waals surface area contributed by atoms with E-state index in [1.54, 1.807) is 30.1 Å². The van der Waals surface area contributed by atoms with Crippen LogP contribution in [0.3, 0.4) is 0 Å². The Labute approximate surface area is 282 Å². The van der Waals surface area contributed by atoms with Gasteiger partial charge in [0.05, 0.1) is 35.2 Å². The van der Waals surface area contributed by atoms with Crippen LogP contribution in [0.5, 0.6) is 0 Å². The number of esters is 1. The lowest BCUT2D eigenvalue weighted by atomic mass is 10.0. The molecule has 13 heteroatoms. The van der Waals surface area contributed by atoms with Gasteiger partial charge in [0.1, 0.15) is 17.3 Å². The molecule has 2 saturated heterocycles. The predicted octanol–water partition coefficient (Wildman–Crippen LogP) is 6.56. The van der Waals surface area contributed by atoms with E-state index in [2.05, 4.69) is 22.0 Å². The number of imidazole rings is 1. The number of amides is 1. The fourth-order valence-corrected chi connectivity index (χ4v) is 7.63. The molecule has 4 aromatic rings. The predicted molar refractivity (Wildman–Crippen MR) is 178 cm³/mol. The number of likely N-dealkylation sites (tertiary alicyclic amines) is 1. The Hall–Kier alpha value is -3.83. The summed E-state index contributed by atoms with van der Waals surface area (Å²) in [5, 5.41) is 6.13. The average molecular weight is 684 g/mol. The summed E-state index contributed by atoms with van der Waals surface area (Å²) in [4.78, 5) is 34.5. The van der Waals surface area contributed by atoms with Crippen LogP contribution in [0.15, 0.2) is 42.9 Å². The summed E-state index contributed by atoms with van der Waals surface area (Å²) in [5.41, 5.74) is 3.66. The molecule has 2 aromatic heterocycles. The summed E-state index contributed by atoms with van der Waals surface area (Å²) < 4.78 is 28.4. The summed E-state index contributed by atoms with van der Waals surface area (Å²) in [6.45, 7) is 10.9. The number of benzene rings is 2. The maximum absolute atomic E-state index is 14.2. The van der Waals surface area contributed by atoms with E-state index in [9.17, 15) is 14.0 Å². The molecule has 0 bridgehead atoms. The number of fused-ring (bicyclic) bond motifs is 3. The molecule has 7 rings (SSSR count). The molecule has 3 aliphatic heterocycles. The Morgan fingerprint density at radius 3 is 2.43 bits per heavy atom. The lowest BCUT2D eigenvalue weighted by Crippen LogP contribution is -2.37. The molecule has 2 fully saturated rings. The number of aromatic nitrogens is 4. The fraction of sp³-hybridized carbons (Fsp3) is 0.471. The van der Waals surface area contributed by atoms with Crippen LogP contribution in [0.25, 0.3) is 22.0 Å². The smallest absolute Gasteiger partial charge is 0.410 e. The van der Waals surface area contributed by atoms with Gasteiger partial charge in [-0.2, -0.15) is 5.10 Å². The highest BCUT2D eigenvalue weighted by Crippen LogP contribution is 2.41. The Bertz CT molecular complexity index is 1840. The third-order valence-corrected chi connectivity index (χ3v) is 9.90. The van der Waals surface area contributed by atoms with Crippen LogP contribution >= 0.6 is 23.2 Å². The number of halogens is 3. The molecule has 47 heavy (non-hydrogen) atoms. The number of anilines is 1. The molecular weight excluding hydrogens is 646 g/mol. The monoisotopic (exact) mass is 682 g/mol. The highest BCUT2D eigenvalue weighted by atomic mass is 35.5. The van der Waals surface area contributed by atoms with Crippen molar-refractivity contribution in [2.24, 2.45) is 11.8 Å². The standard InChI is InChI=1S/C34H37Cl2FN6O4/c1-5-46-32(44)31(30-27-10-22(37)16-42(27)18-38-30)43-17-25-26(35)11-24(28(36)29(25)39-43)19-6-8-23(9-7-19)40-12-20-14-41(15-21(20)13-40)33(45)47-34(2,3)4/h6-9,11,17-18,20-22,31H,5,10,12-16H2,1-4H3/t20-,21+,22-,31?/m1/s1. The van der Waals surface area contributed by atoms with Crippen molar-refractivity contribution < 1.29 is 23.5 Å². The van der Waals surface area contributed by atoms with Gasteiger partial charge in [0, 0.05) is 73.0 Å². The molecule has 1 unspecified atom stereocenters. The van der Waals surface area contributed by atoms with Crippen LogP contribution in [-0.2, 0) is 27.2 Å². The third kappa shape index (κ3) is 5.92. The first-order valence-corrected chi connectivity index (χ1v) is 16.7. The van der Waals surface area contributed by atoms with Crippen molar-refractivity contribution in [2.45, 2.75) is 58.5 Å². The quantitative estimate of drug-likeness (QED) is 0.213. The topological polar surface area (TPSA) is 94.7 Å². The average Bonchev–Trinajstić information content (AvgIpc) is 3.82. The van der Waals surface area contributed by atoms with E-state index in [1.807, 2.05) is 37.8 Å². The minimum atomic E-state index is -1.04. The van der Waals surface area contributed by atoms with Crippen LogP contribution in [0.2, 0.25) is 10.0 Å². The Morgan fingerprint density at radius 2 is 1.77 bits per heavy atom. The largest absolute Gasteiger partial charge is 0.464 e. The van der Waals surface area contributed by atoms with E-state index in [1.165, 1.54) is 4.68 Å². The van der Waals surface area contributed by atoms with Crippen molar-refractivity contribution in [1.29, 1.82) is 0 Å². The van der Waals surface area contributed by atoms with Gasteiger partial charge in [0.15, 0.2) is 6.04 Å². The Balaban J connectivity index is 1.12. The number of alkyl halides is 1.